The Morgan fingerprint density at radius 1 is 0.750 bits per heavy atom. The molecule has 0 amide bonds. The summed E-state index contributed by atoms with van der Waals surface area (Å²) in [4.78, 5) is 0. The van der Waals surface area contributed by atoms with Crippen molar-refractivity contribution in [2.24, 2.45) is 11.7 Å². The summed E-state index contributed by atoms with van der Waals surface area (Å²) in [5.41, 5.74) is 10.6. The molecule has 2 aromatic carbocycles. The molecule has 2 aromatic rings. The number of benzene rings is 2. The van der Waals surface area contributed by atoms with E-state index in [4.69, 9.17) is 15.9 Å². The zero-order chi connectivity index (χ0) is 17.9. The van der Waals surface area contributed by atoms with Crippen LogP contribution in [0.1, 0.15) is 29.2 Å². The first-order valence-corrected chi connectivity index (χ1v) is 8.53. The number of hydrogen-bond acceptors (Lipinski definition) is 3. The highest BCUT2D eigenvalue weighted by Gasteiger charge is 2.01. The van der Waals surface area contributed by atoms with Crippen molar-refractivity contribution in [3.05, 3.63) is 70.8 Å². The molecule has 24 heavy (non-hydrogen) atoms. The van der Waals surface area contributed by atoms with Gasteiger partial charge in [0.15, 0.2) is 0 Å². The van der Waals surface area contributed by atoms with Gasteiger partial charge in [0.05, 0.1) is 6.61 Å². The smallest absolute Gasteiger partial charge is 0.0585 e. The zero-order valence-electron chi connectivity index (χ0n) is 15.1. The average Bonchev–Trinajstić information content (AvgIpc) is 2.59. The maximum Gasteiger partial charge on any atom is 0.0585 e. The molecule has 3 heteroatoms. The summed E-state index contributed by atoms with van der Waals surface area (Å²) in [6.07, 6.45) is 1.72. The first kappa shape index (κ1) is 20.4. The Bertz CT molecular complexity index is 510. The van der Waals surface area contributed by atoms with E-state index in [1.165, 1.54) is 22.3 Å². The molecular weight excluding hydrogens is 298 g/mol. The van der Waals surface area contributed by atoms with Gasteiger partial charge in [0.2, 0.25) is 0 Å². The standard InChI is InChI=1S/C11H16O.C10H15NO/c1-9-3-5-11(6-4-9)7-10(2)8-12;1-8-2-4-9(5-3-8)6-10(11)7-12/h3-6,10,12H,7-8H2,1-2H3;2-5,10,12H,6-7,11H2,1H3/t2*10-/m00/s1. The molecule has 0 fully saturated rings. The minimum absolute atomic E-state index is 0.0495. The van der Waals surface area contributed by atoms with E-state index in [1.807, 2.05) is 12.1 Å². The molecule has 0 spiro atoms. The Hall–Kier alpha value is -1.68. The monoisotopic (exact) mass is 329 g/mol. The van der Waals surface area contributed by atoms with E-state index in [9.17, 15) is 0 Å². The van der Waals surface area contributed by atoms with E-state index in [0.717, 1.165) is 12.8 Å². The van der Waals surface area contributed by atoms with Crippen molar-refractivity contribution in [3.63, 3.8) is 0 Å². The molecule has 0 aliphatic rings. The van der Waals surface area contributed by atoms with Crippen molar-refractivity contribution in [3.8, 4) is 0 Å². The number of nitrogens with two attached hydrogens (primary N) is 1. The van der Waals surface area contributed by atoms with Crippen molar-refractivity contribution in [2.75, 3.05) is 13.2 Å². The lowest BCUT2D eigenvalue weighted by Gasteiger charge is -2.07. The van der Waals surface area contributed by atoms with Gasteiger partial charge in [0, 0.05) is 12.6 Å². The van der Waals surface area contributed by atoms with Crippen LogP contribution in [0.2, 0.25) is 0 Å². The Kier molecular flexibility index (Phi) is 9.31. The number of aliphatic hydroxyl groups is 2. The van der Waals surface area contributed by atoms with Crippen molar-refractivity contribution in [1.29, 1.82) is 0 Å². The Labute approximate surface area is 146 Å². The van der Waals surface area contributed by atoms with Crippen LogP contribution in [0.5, 0.6) is 0 Å². The van der Waals surface area contributed by atoms with Crippen LogP contribution in [0.3, 0.4) is 0 Å². The molecule has 0 bridgehead atoms. The molecule has 2 atom stereocenters. The van der Waals surface area contributed by atoms with E-state index < -0.39 is 0 Å². The van der Waals surface area contributed by atoms with E-state index in [0.29, 0.717) is 5.92 Å². The summed E-state index contributed by atoms with van der Waals surface area (Å²) in [5, 5.41) is 17.6. The predicted molar refractivity (Wildman–Crippen MR) is 101 cm³/mol. The van der Waals surface area contributed by atoms with Gasteiger partial charge in [0.1, 0.15) is 0 Å². The lowest BCUT2D eigenvalue weighted by Crippen LogP contribution is -2.26. The third kappa shape index (κ3) is 8.25. The summed E-state index contributed by atoms with van der Waals surface area (Å²) in [6.45, 7) is 6.51. The van der Waals surface area contributed by atoms with Crippen LogP contribution in [0.25, 0.3) is 0 Å². The number of aliphatic hydroxyl groups excluding tert-OH is 2. The van der Waals surface area contributed by atoms with Crippen LogP contribution in [0.15, 0.2) is 48.5 Å². The topological polar surface area (TPSA) is 66.5 Å². The van der Waals surface area contributed by atoms with Gasteiger partial charge in [-0.05, 0) is 43.7 Å². The highest BCUT2D eigenvalue weighted by molar-refractivity contribution is 5.22. The minimum Gasteiger partial charge on any atom is -0.396 e. The lowest BCUT2D eigenvalue weighted by atomic mass is 10.0. The van der Waals surface area contributed by atoms with Crippen LogP contribution < -0.4 is 5.73 Å². The summed E-state index contributed by atoms with van der Waals surface area (Å²) >= 11 is 0. The number of hydrogen-bond donors (Lipinski definition) is 3. The van der Waals surface area contributed by atoms with Crippen molar-refractivity contribution < 1.29 is 10.2 Å². The van der Waals surface area contributed by atoms with E-state index >= 15 is 0 Å². The normalized spacial score (nSPS) is 12.9. The van der Waals surface area contributed by atoms with Gasteiger partial charge in [-0.25, -0.2) is 0 Å². The van der Waals surface area contributed by atoms with Crippen molar-refractivity contribution in [2.45, 2.75) is 39.7 Å². The largest absolute Gasteiger partial charge is 0.396 e. The summed E-state index contributed by atoms with van der Waals surface area (Å²) < 4.78 is 0. The molecule has 0 saturated heterocycles. The Morgan fingerprint density at radius 2 is 1.17 bits per heavy atom. The van der Waals surface area contributed by atoms with Gasteiger partial charge in [-0.15, -0.1) is 0 Å². The SMILES string of the molecule is Cc1ccc(C[C@H](C)CO)cc1.Cc1ccc(C[C@H](N)CO)cc1. The predicted octanol–water partition coefficient (Wildman–Crippen LogP) is 3.02. The van der Waals surface area contributed by atoms with Gasteiger partial charge < -0.3 is 15.9 Å². The number of aryl methyl sites for hydroxylation is 2. The molecule has 0 unspecified atom stereocenters. The highest BCUT2D eigenvalue weighted by atomic mass is 16.3. The first-order chi connectivity index (χ1) is 11.4. The minimum atomic E-state index is -0.132. The average molecular weight is 329 g/mol. The molecule has 0 aliphatic heterocycles. The fourth-order valence-corrected chi connectivity index (χ4v) is 2.28. The van der Waals surface area contributed by atoms with E-state index in [-0.39, 0.29) is 19.3 Å². The lowest BCUT2D eigenvalue weighted by molar-refractivity contribution is 0.237. The van der Waals surface area contributed by atoms with Gasteiger partial charge in [0.25, 0.3) is 0 Å². The van der Waals surface area contributed by atoms with Gasteiger partial charge in [-0.1, -0.05) is 66.6 Å². The molecule has 2 rings (SSSR count). The highest BCUT2D eigenvalue weighted by Crippen LogP contribution is 2.09. The molecule has 0 heterocycles. The summed E-state index contributed by atoms with van der Waals surface area (Å²) in [6, 6.07) is 16.5. The summed E-state index contributed by atoms with van der Waals surface area (Å²) in [5.74, 6) is 0.368. The van der Waals surface area contributed by atoms with E-state index in [1.54, 1.807) is 0 Å². The molecule has 132 valence electrons. The summed E-state index contributed by atoms with van der Waals surface area (Å²) in [7, 11) is 0. The third-order valence-corrected chi connectivity index (χ3v) is 3.87. The second-order valence-electron chi connectivity index (χ2n) is 6.61. The third-order valence-electron chi connectivity index (χ3n) is 3.87. The maximum atomic E-state index is 8.85. The molecule has 4 N–H and O–H groups in total. The van der Waals surface area contributed by atoms with Crippen LogP contribution in [-0.4, -0.2) is 29.5 Å². The van der Waals surface area contributed by atoms with Gasteiger partial charge in [-0.3, -0.25) is 0 Å². The fraction of sp³-hybridized carbons (Fsp3) is 0.429. The molecular formula is C21H31NO2. The zero-order valence-corrected chi connectivity index (χ0v) is 15.1. The fourth-order valence-electron chi connectivity index (χ4n) is 2.28. The van der Waals surface area contributed by atoms with Crippen LogP contribution >= 0.6 is 0 Å². The quantitative estimate of drug-likeness (QED) is 0.763. The van der Waals surface area contributed by atoms with E-state index in [2.05, 4.69) is 57.2 Å². The van der Waals surface area contributed by atoms with Crippen LogP contribution in [0, 0.1) is 19.8 Å². The second kappa shape index (κ2) is 11.0. The van der Waals surface area contributed by atoms with Crippen molar-refractivity contribution in [1.82, 2.24) is 0 Å². The van der Waals surface area contributed by atoms with Crippen LogP contribution in [0.4, 0.5) is 0 Å². The van der Waals surface area contributed by atoms with Gasteiger partial charge >= 0.3 is 0 Å². The number of rotatable bonds is 6. The maximum absolute atomic E-state index is 8.85. The Morgan fingerprint density at radius 3 is 1.54 bits per heavy atom. The molecule has 0 aliphatic carbocycles. The van der Waals surface area contributed by atoms with Crippen molar-refractivity contribution >= 4 is 0 Å². The molecule has 0 aromatic heterocycles. The first-order valence-electron chi connectivity index (χ1n) is 8.53. The molecule has 3 nitrogen and oxygen atoms in total. The molecule has 0 radical (unpaired) electrons. The van der Waals surface area contributed by atoms with Crippen LogP contribution in [-0.2, 0) is 12.8 Å². The Balaban J connectivity index is 0.000000240. The van der Waals surface area contributed by atoms with Gasteiger partial charge in [-0.2, -0.15) is 0 Å². The molecule has 0 saturated carbocycles. The second-order valence-corrected chi connectivity index (χ2v) is 6.61.